The predicted octanol–water partition coefficient (Wildman–Crippen LogP) is 0.904. The van der Waals surface area contributed by atoms with Crippen LogP contribution in [0.2, 0.25) is 0 Å². The van der Waals surface area contributed by atoms with Crippen LogP contribution in [-0.2, 0) is 17.8 Å². The number of hydrogen-bond acceptors (Lipinski definition) is 7. The van der Waals surface area contributed by atoms with Crippen molar-refractivity contribution >= 4 is 17.6 Å². The molecule has 1 atom stereocenters. The number of hydrogen-bond donors (Lipinski definition) is 3. The van der Waals surface area contributed by atoms with Crippen LogP contribution in [0.1, 0.15) is 35.5 Å². The van der Waals surface area contributed by atoms with Gasteiger partial charge in [0, 0.05) is 51.3 Å². The smallest absolute Gasteiger partial charge is 0.270 e. The number of aliphatic hydroxyl groups excluding tert-OH is 1. The lowest BCUT2D eigenvalue weighted by Gasteiger charge is -2.40. The second-order valence-electron chi connectivity index (χ2n) is 9.15. The Labute approximate surface area is 194 Å². The fourth-order valence-electron chi connectivity index (χ4n) is 4.26. The molecular formula is C24H32N6O3. The van der Waals surface area contributed by atoms with Gasteiger partial charge in [0.25, 0.3) is 5.91 Å². The summed E-state index contributed by atoms with van der Waals surface area (Å²) in [5, 5.41) is 16.4. The summed E-state index contributed by atoms with van der Waals surface area (Å²) in [4.78, 5) is 36.8. The van der Waals surface area contributed by atoms with Gasteiger partial charge < -0.3 is 20.6 Å². The summed E-state index contributed by atoms with van der Waals surface area (Å²) in [6.45, 7) is 7.37. The van der Waals surface area contributed by atoms with Crippen molar-refractivity contribution in [2.75, 3.05) is 38.0 Å². The summed E-state index contributed by atoms with van der Waals surface area (Å²) in [5.74, 6) is 0.322. The Balaban J connectivity index is 1.22. The second kappa shape index (κ2) is 10.3. The third-order valence-corrected chi connectivity index (χ3v) is 6.12. The SMILES string of the molecule is CC(C)C(=O)N1CC(Nc2cc(C(=O)NC[C@H](O)CN3CCc4ccccc4C3)ncn2)C1. The first-order valence-corrected chi connectivity index (χ1v) is 11.5. The number of aliphatic hydroxyl groups is 1. The van der Waals surface area contributed by atoms with E-state index in [0.717, 1.165) is 19.5 Å². The van der Waals surface area contributed by atoms with Gasteiger partial charge in [-0.3, -0.25) is 14.5 Å². The van der Waals surface area contributed by atoms with Crippen molar-refractivity contribution in [3.05, 3.63) is 53.5 Å². The molecule has 0 spiro atoms. The quantitative estimate of drug-likeness (QED) is 0.546. The van der Waals surface area contributed by atoms with Crippen molar-refractivity contribution in [3.8, 4) is 0 Å². The number of carbonyl (C=O) groups excluding carboxylic acids is 2. The largest absolute Gasteiger partial charge is 0.390 e. The summed E-state index contributed by atoms with van der Waals surface area (Å²) in [7, 11) is 0. The van der Waals surface area contributed by atoms with Crippen LogP contribution < -0.4 is 10.6 Å². The Bertz CT molecular complexity index is 992. The van der Waals surface area contributed by atoms with E-state index in [0.29, 0.717) is 25.5 Å². The highest BCUT2D eigenvalue weighted by atomic mass is 16.3. The number of β-amino-alcohol motifs (C(OH)–C–C–N with tert-alkyl or cyclic N) is 1. The van der Waals surface area contributed by atoms with Crippen LogP contribution in [-0.4, -0.2) is 81.6 Å². The molecule has 9 heteroatoms. The van der Waals surface area contributed by atoms with E-state index in [2.05, 4.69) is 43.7 Å². The van der Waals surface area contributed by atoms with E-state index in [1.165, 1.54) is 17.5 Å². The number of nitrogens with one attached hydrogen (secondary N) is 2. The molecule has 1 fully saturated rings. The van der Waals surface area contributed by atoms with Gasteiger partial charge in [-0.1, -0.05) is 38.1 Å². The third-order valence-electron chi connectivity index (χ3n) is 6.12. The Morgan fingerprint density at radius 1 is 1.18 bits per heavy atom. The highest BCUT2D eigenvalue weighted by Gasteiger charge is 2.31. The maximum Gasteiger partial charge on any atom is 0.270 e. The number of rotatable bonds is 8. The molecule has 2 amide bonds. The number of carbonyl (C=O) groups is 2. The van der Waals surface area contributed by atoms with Crippen molar-refractivity contribution in [3.63, 3.8) is 0 Å². The van der Waals surface area contributed by atoms with Gasteiger partial charge in [0.15, 0.2) is 0 Å². The summed E-state index contributed by atoms with van der Waals surface area (Å²) in [6, 6.07) is 10.1. The van der Waals surface area contributed by atoms with E-state index < -0.39 is 6.10 Å². The van der Waals surface area contributed by atoms with Gasteiger partial charge in [-0.05, 0) is 17.5 Å². The highest BCUT2D eigenvalue weighted by molar-refractivity contribution is 5.92. The first-order valence-electron chi connectivity index (χ1n) is 11.5. The highest BCUT2D eigenvalue weighted by Crippen LogP contribution is 2.19. The van der Waals surface area contributed by atoms with Crippen molar-refractivity contribution in [1.29, 1.82) is 0 Å². The normalized spacial score (nSPS) is 17.3. The van der Waals surface area contributed by atoms with Crippen LogP contribution in [0.25, 0.3) is 0 Å². The van der Waals surface area contributed by atoms with Crippen LogP contribution in [0.3, 0.4) is 0 Å². The second-order valence-corrected chi connectivity index (χ2v) is 9.15. The van der Waals surface area contributed by atoms with Gasteiger partial charge in [-0.15, -0.1) is 0 Å². The van der Waals surface area contributed by atoms with Crippen LogP contribution in [0.15, 0.2) is 36.7 Å². The first-order chi connectivity index (χ1) is 15.9. The monoisotopic (exact) mass is 452 g/mol. The summed E-state index contributed by atoms with van der Waals surface area (Å²) in [6.07, 6.45) is 1.64. The van der Waals surface area contributed by atoms with Gasteiger partial charge in [-0.2, -0.15) is 0 Å². The molecule has 9 nitrogen and oxygen atoms in total. The van der Waals surface area contributed by atoms with Crippen LogP contribution in [0.4, 0.5) is 5.82 Å². The molecular weight excluding hydrogens is 420 g/mol. The molecule has 3 N–H and O–H groups in total. The zero-order chi connectivity index (χ0) is 23.4. The molecule has 3 heterocycles. The molecule has 0 bridgehead atoms. The Morgan fingerprint density at radius 2 is 1.94 bits per heavy atom. The maximum atomic E-state index is 12.5. The molecule has 2 aliphatic heterocycles. The number of anilines is 1. The standard InChI is InChI=1S/C24H32N6O3/c1-16(2)24(33)30-12-19(13-30)28-22-9-21(26-15-27-22)23(32)25-10-20(31)14-29-8-7-17-5-3-4-6-18(17)11-29/h3-6,9,15-16,19-20,31H,7-8,10-14H2,1-2H3,(H,25,32)(H,26,27,28)/t20-/m0/s1. The number of likely N-dealkylation sites (tertiary alicyclic amines) is 1. The van der Waals surface area contributed by atoms with Crippen molar-refractivity contribution in [2.45, 2.75) is 39.0 Å². The Kier molecular flexibility index (Phi) is 7.20. The first kappa shape index (κ1) is 23.1. The topological polar surface area (TPSA) is 111 Å². The van der Waals surface area contributed by atoms with Gasteiger partial charge >= 0.3 is 0 Å². The molecule has 0 unspecified atom stereocenters. The molecule has 1 saturated heterocycles. The Hall–Kier alpha value is -3.04. The van der Waals surface area contributed by atoms with E-state index in [1.54, 1.807) is 11.0 Å². The molecule has 2 aliphatic rings. The summed E-state index contributed by atoms with van der Waals surface area (Å²) < 4.78 is 0. The van der Waals surface area contributed by atoms with E-state index in [-0.39, 0.29) is 36.0 Å². The molecule has 33 heavy (non-hydrogen) atoms. The predicted molar refractivity (Wildman–Crippen MR) is 125 cm³/mol. The van der Waals surface area contributed by atoms with Gasteiger partial charge in [-0.25, -0.2) is 9.97 Å². The number of benzene rings is 1. The third kappa shape index (κ3) is 5.85. The minimum Gasteiger partial charge on any atom is -0.390 e. The van der Waals surface area contributed by atoms with Crippen molar-refractivity contribution < 1.29 is 14.7 Å². The van der Waals surface area contributed by atoms with Gasteiger partial charge in [0.05, 0.1) is 12.1 Å². The fourth-order valence-corrected chi connectivity index (χ4v) is 4.26. The average molecular weight is 453 g/mol. The molecule has 2 aromatic rings. The number of aromatic nitrogens is 2. The molecule has 176 valence electrons. The molecule has 0 aliphatic carbocycles. The van der Waals surface area contributed by atoms with Crippen LogP contribution >= 0.6 is 0 Å². The Morgan fingerprint density at radius 3 is 2.70 bits per heavy atom. The van der Waals surface area contributed by atoms with Crippen LogP contribution in [0.5, 0.6) is 0 Å². The minimum absolute atomic E-state index is 0.0126. The summed E-state index contributed by atoms with van der Waals surface area (Å²) in [5.41, 5.74) is 2.90. The zero-order valence-corrected chi connectivity index (χ0v) is 19.2. The van der Waals surface area contributed by atoms with E-state index in [1.807, 2.05) is 19.9 Å². The lowest BCUT2D eigenvalue weighted by Crippen LogP contribution is -2.58. The lowest BCUT2D eigenvalue weighted by atomic mass is 10.00. The zero-order valence-electron chi connectivity index (χ0n) is 19.2. The lowest BCUT2D eigenvalue weighted by molar-refractivity contribution is -0.138. The number of amides is 2. The molecule has 1 aromatic carbocycles. The molecule has 0 saturated carbocycles. The minimum atomic E-state index is -0.668. The number of fused-ring (bicyclic) bond motifs is 1. The van der Waals surface area contributed by atoms with E-state index in [9.17, 15) is 14.7 Å². The number of nitrogens with zero attached hydrogens (tertiary/aromatic N) is 4. The molecule has 0 radical (unpaired) electrons. The van der Waals surface area contributed by atoms with E-state index in [4.69, 9.17) is 0 Å². The van der Waals surface area contributed by atoms with Crippen LogP contribution in [0, 0.1) is 5.92 Å². The van der Waals surface area contributed by atoms with Crippen molar-refractivity contribution in [2.24, 2.45) is 5.92 Å². The maximum absolute atomic E-state index is 12.5. The fraction of sp³-hybridized carbons (Fsp3) is 0.500. The average Bonchev–Trinajstić information content (AvgIpc) is 2.79. The van der Waals surface area contributed by atoms with Gasteiger partial charge in [0.1, 0.15) is 17.8 Å². The van der Waals surface area contributed by atoms with Gasteiger partial charge in [0.2, 0.25) is 5.91 Å². The summed E-state index contributed by atoms with van der Waals surface area (Å²) >= 11 is 0. The van der Waals surface area contributed by atoms with E-state index >= 15 is 0 Å². The molecule has 4 rings (SSSR count). The van der Waals surface area contributed by atoms with Crippen molar-refractivity contribution in [1.82, 2.24) is 25.1 Å². The molecule has 1 aromatic heterocycles.